The predicted molar refractivity (Wildman–Crippen MR) is 76.7 cm³/mol. The molecule has 2 aromatic carbocycles. The molecule has 0 aliphatic carbocycles. The lowest BCUT2D eigenvalue weighted by Gasteiger charge is -2.13. The highest BCUT2D eigenvalue weighted by molar-refractivity contribution is 7.92. The minimum Gasteiger partial charge on any atom is -0.493 e. The van der Waals surface area contributed by atoms with E-state index in [1.54, 1.807) is 0 Å². The third-order valence-corrected chi connectivity index (χ3v) is 4.22. The summed E-state index contributed by atoms with van der Waals surface area (Å²) < 4.78 is 63.1. The standard InChI is InChI=1S/C14H13F2NO4S/c1-20-13-7-11(16)12(8-14(13)21-2)17-22(18,19)10-5-3-9(15)4-6-10/h3-8,17H,1-2H3. The maximum absolute atomic E-state index is 13.9. The van der Waals surface area contributed by atoms with E-state index in [1.165, 1.54) is 14.2 Å². The molecule has 0 bridgehead atoms. The lowest BCUT2D eigenvalue weighted by atomic mass is 10.2. The van der Waals surface area contributed by atoms with Gasteiger partial charge in [0.25, 0.3) is 10.0 Å². The average molecular weight is 329 g/mol. The van der Waals surface area contributed by atoms with Gasteiger partial charge in [-0.25, -0.2) is 17.2 Å². The Balaban J connectivity index is 2.39. The minimum absolute atomic E-state index is 0.129. The van der Waals surface area contributed by atoms with E-state index < -0.39 is 21.7 Å². The van der Waals surface area contributed by atoms with Crippen LogP contribution in [0.25, 0.3) is 0 Å². The van der Waals surface area contributed by atoms with Crippen LogP contribution in [0, 0.1) is 11.6 Å². The Morgan fingerprint density at radius 1 is 0.955 bits per heavy atom. The Hall–Kier alpha value is -2.35. The van der Waals surface area contributed by atoms with Crippen LogP contribution in [0.5, 0.6) is 11.5 Å². The molecule has 8 heteroatoms. The molecule has 22 heavy (non-hydrogen) atoms. The van der Waals surface area contributed by atoms with E-state index in [-0.39, 0.29) is 22.1 Å². The van der Waals surface area contributed by atoms with Gasteiger partial charge in [0.15, 0.2) is 17.3 Å². The molecule has 0 atom stereocenters. The van der Waals surface area contributed by atoms with E-state index in [0.717, 1.165) is 36.4 Å². The fourth-order valence-electron chi connectivity index (χ4n) is 1.75. The normalized spacial score (nSPS) is 11.1. The zero-order valence-electron chi connectivity index (χ0n) is 11.8. The Labute approximate surface area is 126 Å². The maximum atomic E-state index is 13.9. The van der Waals surface area contributed by atoms with Crippen molar-refractivity contribution >= 4 is 15.7 Å². The SMILES string of the molecule is COc1cc(F)c(NS(=O)(=O)c2ccc(F)cc2)cc1OC. The Kier molecular flexibility index (Phi) is 4.51. The molecule has 0 fully saturated rings. The van der Waals surface area contributed by atoms with E-state index in [2.05, 4.69) is 4.72 Å². The van der Waals surface area contributed by atoms with Gasteiger partial charge in [0, 0.05) is 12.1 Å². The van der Waals surface area contributed by atoms with Crippen LogP contribution in [0.3, 0.4) is 0 Å². The van der Waals surface area contributed by atoms with Crippen LogP contribution in [-0.4, -0.2) is 22.6 Å². The topological polar surface area (TPSA) is 64.6 Å². The van der Waals surface area contributed by atoms with E-state index in [9.17, 15) is 17.2 Å². The van der Waals surface area contributed by atoms with E-state index >= 15 is 0 Å². The summed E-state index contributed by atoms with van der Waals surface area (Å²) in [6, 6.07) is 6.32. The van der Waals surface area contributed by atoms with Crippen LogP contribution < -0.4 is 14.2 Å². The molecule has 2 rings (SSSR count). The van der Waals surface area contributed by atoms with Crippen molar-refractivity contribution in [2.45, 2.75) is 4.90 Å². The largest absolute Gasteiger partial charge is 0.493 e. The molecule has 118 valence electrons. The van der Waals surface area contributed by atoms with Crippen molar-refractivity contribution < 1.29 is 26.7 Å². The summed E-state index contributed by atoms with van der Waals surface area (Å²) in [5, 5.41) is 0. The zero-order chi connectivity index (χ0) is 16.3. The number of benzene rings is 2. The molecule has 5 nitrogen and oxygen atoms in total. The van der Waals surface area contributed by atoms with Gasteiger partial charge in [0.2, 0.25) is 0 Å². The van der Waals surface area contributed by atoms with Gasteiger partial charge in [0.05, 0.1) is 24.8 Å². The van der Waals surface area contributed by atoms with E-state index in [1.807, 2.05) is 0 Å². The fourth-order valence-corrected chi connectivity index (χ4v) is 2.81. The summed E-state index contributed by atoms with van der Waals surface area (Å²) >= 11 is 0. The number of rotatable bonds is 5. The fraction of sp³-hybridized carbons (Fsp3) is 0.143. The summed E-state index contributed by atoms with van der Waals surface area (Å²) in [5.74, 6) is -1.11. The molecule has 2 aromatic rings. The zero-order valence-corrected chi connectivity index (χ0v) is 12.6. The number of hydrogen-bond acceptors (Lipinski definition) is 4. The summed E-state index contributed by atoms with van der Waals surface area (Å²) in [6.07, 6.45) is 0. The van der Waals surface area contributed by atoms with Gasteiger partial charge in [0.1, 0.15) is 5.82 Å². The molecule has 0 saturated heterocycles. The minimum atomic E-state index is -4.05. The molecule has 0 radical (unpaired) electrons. The maximum Gasteiger partial charge on any atom is 0.261 e. The van der Waals surface area contributed by atoms with Gasteiger partial charge >= 0.3 is 0 Å². The van der Waals surface area contributed by atoms with Crippen molar-refractivity contribution in [3.05, 3.63) is 48.0 Å². The molecule has 1 N–H and O–H groups in total. The van der Waals surface area contributed by atoms with E-state index in [0.29, 0.717) is 0 Å². The number of anilines is 1. The van der Waals surface area contributed by atoms with Crippen LogP contribution in [0.1, 0.15) is 0 Å². The number of sulfonamides is 1. The van der Waals surface area contributed by atoms with Crippen molar-refractivity contribution in [3.63, 3.8) is 0 Å². The molecule has 0 heterocycles. The smallest absolute Gasteiger partial charge is 0.261 e. The van der Waals surface area contributed by atoms with Crippen LogP contribution >= 0.6 is 0 Å². The molecule has 0 unspecified atom stereocenters. The van der Waals surface area contributed by atoms with Gasteiger partial charge in [-0.1, -0.05) is 0 Å². The van der Waals surface area contributed by atoms with Crippen LogP contribution in [-0.2, 0) is 10.0 Å². The Morgan fingerprint density at radius 3 is 2.05 bits per heavy atom. The molecule has 0 amide bonds. The average Bonchev–Trinajstić information content (AvgIpc) is 2.49. The highest BCUT2D eigenvalue weighted by atomic mass is 32.2. The second-order valence-corrected chi connectivity index (χ2v) is 5.93. The first-order valence-corrected chi connectivity index (χ1v) is 7.55. The molecular formula is C14H13F2NO4S. The van der Waals surface area contributed by atoms with Crippen LogP contribution in [0.15, 0.2) is 41.3 Å². The van der Waals surface area contributed by atoms with E-state index in [4.69, 9.17) is 9.47 Å². The number of methoxy groups -OCH3 is 2. The number of ether oxygens (including phenoxy) is 2. The van der Waals surface area contributed by atoms with Gasteiger partial charge in [-0.3, -0.25) is 4.72 Å². The molecule has 0 spiro atoms. The monoisotopic (exact) mass is 329 g/mol. The van der Waals surface area contributed by atoms with Crippen molar-refractivity contribution in [2.24, 2.45) is 0 Å². The third-order valence-electron chi connectivity index (χ3n) is 2.84. The molecule has 0 aliphatic heterocycles. The van der Waals surface area contributed by atoms with Crippen molar-refractivity contribution in [2.75, 3.05) is 18.9 Å². The second kappa shape index (κ2) is 6.18. The second-order valence-electron chi connectivity index (χ2n) is 4.25. The van der Waals surface area contributed by atoms with Crippen LogP contribution in [0.4, 0.5) is 14.5 Å². The lowest BCUT2D eigenvalue weighted by Crippen LogP contribution is -2.14. The first-order chi connectivity index (χ1) is 10.4. The highest BCUT2D eigenvalue weighted by Crippen LogP contribution is 2.33. The summed E-state index contributed by atoms with van der Waals surface area (Å²) in [4.78, 5) is -0.192. The molecule has 0 saturated carbocycles. The first kappa shape index (κ1) is 16.0. The predicted octanol–water partition coefficient (Wildman–Crippen LogP) is 2.78. The summed E-state index contributed by atoms with van der Waals surface area (Å²) in [5.41, 5.74) is -0.304. The molecular weight excluding hydrogens is 316 g/mol. The number of hydrogen-bond donors (Lipinski definition) is 1. The quantitative estimate of drug-likeness (QED) is 0.916. The van der Waals surface area contributed by atoms with Gasteiger partial charge in [-0.15, -0.1) is 0 Å². The van der Waals surface area contributed by atoms with Crippen LogP contribution in [0.2, 0.25) is 0 Å². The van der Waals surface area contributed by atoms with Crippen molar-refractivity contribution in [1.82, 2.24) is 0 Å². The third kappa shape index (κ3) is 3.28. The number of halogens is 2. The molecule has 0 aliphatic rings. The highest BCUT2D eigenvalue weighted by Gasteiger charge is 2.19. The Morgan fingerprint density at radius 2 is 1.50 bits per heavy atom. The summed E-state index contributed by atoms with van der Waals surface area (Å²) in [6.45, 7) is 0. The van der Waals surface area contributed by atoms with Gasteiger partial charge in [-0.05, 0) is 24.3 Å². The Bertz CT molecular complexity index is 776. The van der Waals surface area contributed by atoms with Gasteiger partial charge in [-0.2, -0.15) is 0 Å². The van der Waals surface area contributed by atoms with Gasteiger partial charge < -0.3 is 9.47 Å². The first-order valence-electron chi connectivity index (χ1n) is 6.07. The lowest BCUT2D eigenvalue weighted by molar-refractivity contribution is 0.353. The summed E-state index contributed by atoms with van der Waals surface area (Å²) in [7, 11) is -1.38. The van der Waals surface area contributed by atoms with Crippen molar-refractivity contribution in [3.8, 4) is 11.5 Å². The number of nitrogens with one attached hydrogen (secondary N) is 1. The van der Waals surface area contributed by atoms with Crippen molar-refractivity contribution in [1.29, 1.82) is 0 Å². The molecule has 0 aromatic heterocycles.